The van der Waals surface area contributed by atoms with Gasteiger partial charge >= 0.3 is 6.09 Å². The van der Waals surface area contributed by atoms with Crippen LogP contribution in [0.2, 0.25) is 0 Å². The van der Waals surface area contributed by atoms with Crippen molar-refractivity contribution in [3.63, 3.8) is 0 Å². The molecule has 0 spiro atoms. The number of pyridine rings is 1. The Hall–Kier alpha value is -2.60. The van der Waals surface area contributed by atoms with E-state index in [0.29, 0.717) is 13.2 Å². The fraction of sp³-hybridized carbons (Fsp3) is 0.571. The van der Waals surface area contributed by atoms with Crippen LogP contribution in [0.15, 0.2) is 36.4 Å². The first-order chi connectivity index (χ1) is 16.2. The number of hydrogen-bond donors (Lipinski definition) is 0. The van der Waals surface area contributed by atoms with Gasteiger partial charge in [0.1, 0.15) is 12.4 Å². The maximum atomic E-state index is 11.6. The van der Waals surface area contributed by atoms with E-state index < -0.39 is 0 Å². The van der Waals surface area contributed by atoms with Crippen molar-refractivity contribution < 1.29 is 9.53 Å². The molecule has 3 aliphatic rings. The van der Waals surface area contributed by atoms with Gasteiger partial charge < -0.3 is 14.5 Å². The Morgan fingerprint density at radius 1 is 0.882 bits per heavy atom. The number of amides is 1. The van der Waals surface area contributed by atoms with Gasteiger partial charge in [0, 0.05) is 44.8 Å². The summed E-state index contributed by atoms with van der Waals surface area (Å²) in [4.78, 5) is 23.3. The Morgan fingerprint density at radius 2 is 1.62 bits per heavy atom. The fourth-order valence-electron chi connectivity index (χ4n) is 5.60. The highest BCUT2D eigenvalue weighted by atomic mass is 16.6. The number of aromatic nitrogens is 1. The number of fused-ring (bicyclic) bond motifs is 1. The van der Waals surface area contributed by atoms with Crippen molar-refractivity contribution in [1.82, 2.24) is 14.8 Å². The molecule has 2 aliphatic heterocycles. The Kier molecular flexibility index (Phi) is 6.05. The van der Waals surface area contributed by atoms with Gasteiger partial charge in [-0.25, -0.2) is 9.78 Å². The molecule has 1 aromatic heterocycles. The molecule has 1 amide bonds. The number of benzene rings is 1. The van der Waals surface area contributed by atoms with E-state index in [0.717, 1.165) is 50.8 Å². The molecular weight excluding hydrogens is 424 g/mol. The van der Waals surface area contributed by atoms with E-state index in [1.807, 2.05) is 0 Å². The molecule has 0 radical (unpaired) electrons. The lowest BCUT2D eigenvalue weighted by molar-refractivity contribution is 0.152. The molecule has 2 saturated heterocycles. The topological polar surface area (TPSA) is 48.9 Å². The van der Waals surface area contributed by atoms with Crippen LogP contribution in [0.25, 0.3) is 11.3 Å². The zero-order valence-electron chi connectivity index (χ0n) is 21.1. The zero-order chi connectivity index (χ0) is 23.9. The molecule has 1 aromatic carbocycles. The van der Waals surface area contributed by atoms with E-state index in [-0.39, 0.29) is 16.9 Å². The molecule has 0 unspecified atom stereocenters. The molecular formula is C28H38N4O2. The predicted octanol–water partition coefficient (Wildman–Crippen LogP) is 4.67. The number of carbonyl (C=O) groups is 1. The molecule has 1 aliphatic carbocycles. The van der Waals surface area contributed by atoms with E-state index in [1.165, 1.54) is 29.5 Å². The Morgan fingerprint density at radius 3 is 2.32 bits per heavy atom. The summed E-state index contributed by atoms with van der Waals surface area (Å²) in [6.45, 7) is 16.2. The van der Waals surface area contributed by atoms with Crippen LogP contribution in [0.3, 0.4) is 0 Å². The lowest BCUT2D eigenvalue weighted by atomic mass is 9.63. The molecule has 2 aromatic rings. The van der Waals surface area contributed by atoms with Gasteiger partial charge in [0.2, 0.25) is 0 Å². The van der Waals surface area contributed by atoms with Gasteiger partial charge in [-0.15, -0.1) is 0 Å². The van der Waals surface area contributed by atoms with Crippen molar-refractivity contribution >= 4 is 11.9 Å². The molecule has 0 saturated carbocycles. The first-order valence-electron chi connectivity index (χ1n) is 12.7. The van der Waals surface area contributed by atoms with Crippen molar-refractivity contribution in [1.29, 1.82) is 0 Å². The Labute approximate surface area is 203 Å². The smallest absolute Gasteiger partial charge is 0.409 e. The van der Waals surface area contributed by atoms with Crippen molar-refractivity contribution in [2.24, 2.45) is 0 Å². The van der Waals surface area contributed by atoms with Crippen LogP contribution >= 0.6 is 0 Å². The minimum Gasteiger partial charge on any atom is -0.448 e. The third kappa shape index (κ3) is 4.52. The van der Waals surface area contributed by atoms with E-state index in [1.54, 1.807) is 4.90 Å². The van der Waals surface area contributed by atoms with E-state index in [2.05, 4.69) is 73.9 Å². The third-order valence-electron chi connectivity index (χ3n) is 8.11. The normalized spacial score (nSPS) is 21.9. The molecule has 6 nitrogen and oxygen atoms in total. The zero-order valence-corrected chi connectivity index (χ0v) is 21.1. The van der Waals surface area contributed by atoms with Gasteiger partial charge in [-0.3, -0.25) is 4.90 Å². The highest BCUT2D eigenvalue weighted by Gasteiger charge is 2.37. The highest BCUT2D eigenvalue weighted by Crippen LogP contribution is 2.46. The summed E-state index contributed by atoms with van der Waals surface area (Å²) in [5.74, 6) is 1.05. The quantitative estimate of drug-likeness (QED) is 0.646. The predicted molar refractivity (Wildman–Crippen MR) is 137 cm³/mol. The SMILES string of the molecule is CC1(C)CCC(C)(C)c2cc(-c3cccc(N4CCN(CCN5CCOC5=O)CC4)n3)ccc21. The summed E-state index contributed by atoms with van der Waals surface area (Å²) in [5, 5.41) is 0. The van der Waals surface area contributed by atoms with Crippen molar-refractivity contribution in [3.05, 3.63) is 47.5 Å². The van der Waals surface area contributed by atoms with Crippen LogP contribution in [-0.2, 0) is 15.6 Å². The summed E-state index contributed by atoms with van der Waals surface area (Å²) in [7, 11) is 0. The largest absolute Gasteiger partial charge is 0.448 e. The maximum absolute atomic E-state index is 11.6. The molecule has 0 atom stereocenters. The Bertz CT molecular complexity index is 1060. The standard InChI is InChI=1S/C28H38N4O2/c1-27(2)10-11-28(3,4)23-20-21(8-9-22(23)27)24-6-5-7-25(29-24)31-15-12-30(13-16-31)14-17-32-18-19-34-26(32)33/h5-9,20H,10-19H2,1-4H3. The summed E-state index contributed by atoms with van der Waals surface area (Å²) >= 11 is 0. The van der Waals surface area contributed by atoms with E-state index in [9.17, 15) is 4.79 Å². The molecule has 2 fully saturated rings. The number of ether oxygens (including phenoxy) is 1. The van der Waals surface area contributed by atoms with Gasteiger partial charge in [-0.2, -0.15) is 0 Å². The van der Waals surface area contributed by atoms with Crippen LogP contribution < -0.4 is 4.90 Å². The number of anilines is 1. The fourth-order valence-corrected chi connectivity index (χ4v) is 5.60. The molecule has 6 heteroatoms. The second-order valence-electron chi connectivity index (χ2n) is 11.3. The molecule has 5 rings (SSSR count). The van der Waals surface area contributed by atoms with E-state index >= 15 is 0 Å². The number of carbonyl (C=O) groups excluding carboxylic acids is 1. The van der Waals surface area contributed by atoms with Gasteiger partial charge in [0.25, 0.3) is 0 Å². The van der Waals surface area contributed by atoms with Crippen LogP contribution in [0.5, 0.6) is 0 Å². The lowest BCUT2D eigenvalue weighted by Crippen LogP contribution is -2.48. The van der Waals surface area contributed by atoms with Gasteiger partial charge in [-0.05, 0) is 53.0 Å². The van der Waals surface area contributed by atoms with Crippen molar-refractivity contribution in [3.8, 4) is 11.3 Å². The number of cyclic esters (lactones) is 1. The van der Waals surface area contributed by atoms with Crippen LogP contribution in [0.1, 0.15) is 51.7 Å². The molecule has 182 valence electrons. The number of hydrogen-bond acceptors (Lipinski definition) is 5. The van der Waals surface area contributed by atoms with Crippen molar-refractivity contribution in [2.75, 3.05) is 57.3 Å². The summed E-state index contributed by atoms with van der Waals surface area (Å²) in [6, 6.07) is 13.4. The second kappa shape index (κ2) is 8.88. The first-order valence-corrected chi connectivity index (χ1v) is 12.7. The van der Waals surface area contributed by atoms with Crippen LogP contribution in [-0.4, -0.2) is 73.3 Å². The second-order valence-corrected chi connectivity index (χ2v) is 11.3. The van der Waals surface area contributed by atoms with Crippen LogP contribution in [0.4, 0.5) is 10.6 Å². The molecule has 34 heavy (non-hydrogen) atoms. The minimum absolute atomic E-state index is 0.172. The van der Waals surface area contributed by atoms with Gasteiger partial charge in [-0.1, -0.05) is 45.9 Å². The summed E-state index contributed by atoms with van der Waals surface area (Å²) in [5.41, 5.74) is 5.65. The summed E-state index contributed by atoms with van der Waals surface area (Å²) < 4.78 is 5.03. The Balaban J connectivity index is 1.27. The summed E-state index contributed by atoms with van der Waals surface area (Å²) in [6.07, 6.45) is 2.27. The monoisotopic (exact) mass is 462 g/mol. The third-order valence-corrected chi connectivity index (χ3v) is 8.11. The highest BCUT2D eigenvalue weighted by molar-refractivity contribution is 5.69. The maximum Gasteiger partial charge on any atom is 0.409 e. The van der Waals surface area contributed by atoms with Crippen molar-refractivity contribution in [2.45, 2.75) is 51.4 Å². The average Bonchev–Trinajstić information content (AvgIpc) is 3.25. The number of piperazine rings is 1. The minimum atomic E-state index is -0.172. The number of nitrogens with zero attached hydrogens (tertiary/aromatic N) is 4. The first kappa shape index (κ1) is 23.2. The average molecular weight is 463 g/mol. The van der Waals surface area contributed by atoms with Gasteiger partial charge in [0.05, 0.1) is 12.2 Å². The van der Waals surface area contributed by atoms with Gasteiger partial charge in [0.15, 0.2) is 0 Å². The molecule has 0 bridgehead atoms. The molecule has 0 N–H and O–H groups in total. The van der Waals surface area contributed by atoms with E-state index in [4.69, 9.17) is 9.72 Å². The van der Waals surface area contributed by atoms with Crippen LogP contribution in [0, 0.1) is 0 Å². The number of rotatable bonds is 5. The molecule has 3 heterocycles. The lowest BCUT2D eigenvalue weighted by Gasteiger charge is -2.42.